The molecular formula is C20H16N6. The van der Waals surface area contributed by atoms with Crippen LogP contribution in [0.5, 0.6) is 0 Å². The van der Waals surface area contributed by atoms with Gasteiger partial charge in [-0.2, -0.15) is 0 Å². The highest BCUT2D eigenvalue weighted by atomic mass is 14.9. The number of nitrogen functional groups attached to an aromatic ring is 2. The minimum absolute atomic E-state index is 0.705. The fourth-order valence-corrected chi connectivity index (χ4v) is 3.11. The smallest absolute Gasteiger partial charge is 0.138 e. The van der Waals surface area contributed by atoms with Gasteiger partial charge in [0, 0.05) is 22.5 Å². The van der Waals surface area contributed by atoms with E-state index >= 15 is 0 Å². The van der Waals surface area contributed by atoms with Gasteiger partial charge in [-0.1, -0.05) is 24.3 Å². The molecule has 2 heterocycles. The molecule has 6 N–H and O–H groups in total. The summed E-state index contributed by atoms with van der Waals surface area (Å²) in [6, 6.07) is 19.4. The number of aromatic nitrogens is 4. The van der Waals surface area contributed by atoms with E-state index in [1.807, 2.05) is 60.7 Å². The number of nitrogens with zero attached hydrogens (tertiary/aromatic N) is 2. The molecule has 126 valence electrons. The maximum atomic E-state index is 5.83. The second kappa shape index (κ2) is 5.35. The van der Waals surface area contributed by atoms with Gasteiger partial charge in [0.1, 0.15) is 11.6 Å². The number of nitrogens with two attached hydrogens (primary N) is 2. The van der Waals surface area contributed by atoms with Gasteiger partial charge < -0.3 is 21.4 Å². The third-order valence-electron chi connectivity index (χ3n) is 4.44. The van der Waals surface area contributed by atoms with E-state index in [2.05, 4.69) is 19.9 Å². The number of anilines is 2. The Kier molecular flexibility index (Phi) is 2.99. The SMILES string of the molecule is Nc1ccc2[nH]c(-c3ccc(-c4nc5ccc(N)cc5[nH]4)cc3)nc2c1. The molecule has 2 aromatic heterocycles. The van der Waals surface area contributed by atoms with Gasteiger partial charge in [0.2, 0.25) is 0 Å². The Morgan fingerprint density at radius 2 is 1.15 bits per heavy atom. The lowest BCUT2D eigenvalue weighted by Crippen LogP contribution is -1.83. The Morgan fingerprint density at radius 1 is 0.577 bits per heavy atom. The molecule has 0 saturated carbocycles. The van der Waals surface area contributed by atoms with Crippen molar-refractivity contribution < 1.29 is 0 Å². The highest BCUT2D eigenvalue weighted by Gasteiger charge is 2.08. The molecule has 5 aromatic rings. The molecule has 0 fully saturated rings. The van der Waals surface area contributed by atoms with Crippen LogP contribution < -0.4 is 11.5 Å². The summed E-state index contributed by atoms with van der Waals surface area (Å²) in [4.78, 5) is 15.9. The van der Waals surface area contributed by atoms with E-state index < -0.39 is 0 Å². The van der Waals surface area contributed by atoms with Crippen molar-refractivity contribution in [2.45, 2.75) is 0 Å². The third kappa shape index (κ3) is 2.36. The van der Waals surface area contributed by atoms with Crippen molar-refractivity contribution in [3.8, 4) is 22.8 Å². The van der Waals surface area contributed by atoms with Crippen LogP contribution in [0.25, 0.3) is 44.8 Å². The molecule has 0 amide bonds. The quantitative estimate of drug-likeness (QED) is 0.365. The van der Waals surface area contributed by atoms with Crippen molar-refractivity contribution in [2.24, 2.45) is 0 Å². The molecular weight excluding hydrogens is 324 g/mol. The Balaban J connectivity index is 1.52. The molecule has 0 atom stereocenters. The van der Waals surface area contributed by atoms with E-state index in [1.165, 1.54) is 0 Å². The van der Waals surface area contributed by atoms with Crippen LogP contribution in [0.15, 0.2) is 60.7 Å². The lowest BCUT2D eigenvalue weighted by atomic mass is 10.1. The summed E-state index contributed by atoms with van der Waals surface area (Å²) in [6.45, 7) is 0. The first-order valence-corrected chi connectivity index (χ1v) is 8.27. The Labute approximate surface area is 148 Å². The van der Waals surface area contributed by atoms with E-state index in [4.69, 9.17) is 11.5 Å². The molecule has 0 saturated heterocycles. The van der Waals surface area contributed by atoms with E-state index in [-0.39, 0.29) is 0 Å². The van der Waals surface area contributed by atoms with Gasteiger partial charge in [-0.25, -0.2) is 9.97 Å². The summed E-state index contributed by atoms with van der Waals surface area (Å²) in [5, 5.41) is 0. The van der Waals surface area contributed by atoms with Gasteiger partial charge in [0.15, 0.2) is 0 Å². The van der Waals surface area contributed by atoms with Gasteiger partial charge in [0.05, 0.1) is 22.1 Å². The third-order valence-corrected chi connectivity index (χ3v) is 4.44. The molecule has 0 aliphatic carbocycles. The number of nitrogens with one attached hydrogen (secondary N) is 2. The summed E-state index contributed by atoms with van der Waals surface area (Å²) < 4.78 is 0. The van der Waals surface area contributed by atoms with Crippen molar-refractivity contribution in [3.63, 3.8) is 0 Å². The van der Waals surface area contributed by atoms with Crippen molar-refractivity contribution in [1.29, 1.82) is 0 Å². The number of rotatable bonds is 2. The summed E-state index contributed by atoms with van der Waals surface area (Å²) in [6.07, 6.45) is 0. The first-order chi connectivity index (χ1) is 12.7. The maximum absolute atomic E-state index is 5.83. The van der Waals surface area contributed by atoms with Gasteiger partial charge in [-0.05, 0) is 36.4 Å². The first kappa shape index (κ1) is 14.5. The molecule has 0 unspecified atom stereocenters. The predicted molar refractivity (Wildman–Crippen MR) is 105 cm³/mol. The summed E-state index contributed by atoms with van der Waals surface area (Å²) >= 11 is 0. The molecule has 6 nitrogen and oxygen atoms in total. The summed E-state index contributed by atoms with van der Waals surface area (Å²) in [7, 11) is 0. The van der Waals surface area contributed by atoms with Crippen molar-refractivity contribution in [3.05, 3.63) is 60.7 Å². The molecule has 0 radical (unpaired) electrons. The molecule has 0 aliphatic heterocycles. The molecule has 0 spiro atoms. The average Bonchev–Trinajstić information content (AvgIpc) is 3.25. The largest absolute Gasteiger partial charge is 0.399 e. The lowest BCUT2D eigenvalue weighted by molar-refractivity contribution is 1.32. The highest BCUT2D eigenvalue weighted by molar-refractivity contribution is 5.84. The van der Waals surface area contributed by atoms with Crippen molar-refractivity contribution in [2.75, 3.05) is 11.5 Å². The Bertz CT molecular complexity index is 1150. The molecule has 0 bridgehead atoms. The fourth-order valence-electron chi connectivity index (χ4n) is 3.11. The maximum Gasteiger partial charge on any atom is 0.138 e. The molecule has 0 aliphatic rings. The predicted octanol–water partition coefficient (Wildman–Crippen LogP) is 3.94. The Morgan fingerprint density at radius 3 is 1.88 bits per heavy atom. The van der Waals surface area contributed by atoms with Gasteiger partial charge in [-0.3, -0.25) is 0 Å². The Hall–Kier alpha value is -3.80. The zero-order chi connectivity index (χ0) is 17.7. The van der Waals surface area contributed by atoms with Crippen LogP contribution >= 0.6 is 0 Å². The topological polar surface area (TPSA) is 109 Å². The minimum atomic E-state index is 0.705. The molecule has 26 heavy (non-hydrogen) atoms. The number of benzene rings is 3. The molecule has 3 aromatic carbocycles. The minimum Gasteiger partial charge on any atom is -0.399 e. The highest BCUT2D eigenvalue weighted by Crippen LogP contribution is 2.26. The summed E-state index contributed by atoms with van der Waals surface area (Å²) in [5.41, 5.74) is 18.7. The summed E-state index contributed by atoms with van der Waals surface area (Å²) in [5.74, 6) is 1.63. The van der Waals surface area contributed by atoms with E-state index in [9.17, 15) is 0 Å². The lowest BCUT2D eigenvalue weighted by Gasteiger charge is -1.99. The normalized spacial score (nSPS) is 11.4. The molecule has 6 heteroatoms. The van der Waals surface area contributed by atoms with Crippen LogP contribution in [0.1, 0.15) is 0 Å². The second-order valence-electron chi connectivity index (χ2n) is 6.30. The van der Waals surface area contributed by atoms with Crippen LogP contribution in [0.4, 0.5) is 11.4 Å². The van der Waals surface area contributed by atoms with Crippen LogP contribution in [0.3, 0.4) is 0 Å². The van der Waals surface area contributed by atoms with Crippen molar-refractivity contribution in [1.82, 2.24) is 19.9 Å². The average molecular weight is 340 g/mol. The number of imidazole rings is 2. The zero-order valence-corrected chi connectivity index (χ0v) is 13.8. The van der Waals surface area contributed by atoms with Crippen LogP contribution in [-0.4, -0.2) is 19.9 Å². The number of hydrogen-bond acceptors (Lipinski definition) is 4. The van der Waals surface area contributed by atoms with Crippen molar-refractivity contribution >= 4 is 33.4 Å². The van der Waals surface area contributed by atoms with Crippen LogP contribution in [0.2, 0.25) is 0 Å². The first-order valence-electron chi connectivity index (χ1n) is 8.27. The molecule has 5 rings (SSSR count). The van der Waals surface area contributed by atoms with E-state index in [0.29, 0.717) is 11.4 Å². The number of hydrogen-bond donors (Lipinski definition) is 4. The number of H-pyrrole nitrogens is 2. The number of aromatic amines is 2. The second-order valence-corrected chi connectivity index (χ2v) is 6.30. The van der Waals surface area contributed by atoms with Gasteiger partial charge in [-0.15, -0.1) is 0 Å². The standard InChI is InChI=1S/C20H16N6/c21-13-5-7-15-17(9-13)25-19(23-15)11-1-2-12(4-3-11)20-24-16-8-6-14(22)10-18(16)26-20/h1-10H,21-22H2,(H,23,25)(H,24,26). The van der Waals surface area contributed by atoms with E-state index in [0.717, 1.165) is 44.8 Å². The van der Waals surface area contributed by atoms with E-state index in [1.54, 1.807) is 0 Å². The van der Waals surface area contributed by atoms with Crippen LogP contribution in [0, 0.1) is 0 Å². The fraction of sp³-hybridized carbons (Fsp3) is 0. The van der Waals surface area contributed by atoms with Gasteiger partial charge in [0.25, 0.3) is 0 Å². The number of fused-ring (bicyclic) bond motifs is 2. The zero-order valence-electron chi connectivity index (χ0n) is 13.8. The van der Waals surface area contributed by atoms with Crippen LogP contribution in [-0.2, 0) is 0 Å². The monoisotopic (exact) mass is 340 g/mol. The van der Waals surface area contributed by atoms with Gasteiger partial charge >= 0.3 is 0 Å².